The summed E-state index contributed by atoms with van der Waals surface area (Å²) in [4.78, 5) is 13.0. The van der Waals surface area contributed by atoms with Crippen molar-refractivity contribution < 1.29 is 22.4 Å². The fraction of sp³-hybridized carbons (Fsp3) is 0.261. The van der Waals surface area contributed by atoms with Gasteiger partial charge in [-0.1, -0.05) is 24.3 Å². The number of furan rings is 1. The molecule has 0 saturated heterocycles. The summed E-state index contributed by atoms with van der Waals surface area (Å²) in [6.07, 6.45) is -0.607. The van der Waals surface area contributed by atoms with E-state index in [9.17, 15) is 18.0 Å². The van der Waals surface area contributed by atoms with Crippen LogP contribution in [-0.2, 0) is 6.54 Å². The first kappa shape index (κ1) is 21.8. The third-order valence-corrected chi connectivity index (χ3v) is 5.85. The molecule has 0 unspecified atom stereocenters. The lowest BCUT2D eigenvalue weighted by molar-refractivity contribution is -0.174. The van der Waals surface area contributed by atoms with Gasteiger partial charge in [-0.25, -0.2) is 4.68 Å². The average molecular weight is 470 g/mol. The molecule has 0 fully saturated rings. The molecule has 0 radical (unpaired) electrons. The lowest BCUT2D eigenvalue weighted by atomic mass is 10.0. The van der Waals surface area contributed by atoms with Crippen LogP contribution >= 0.6 is 0 Å². The monoisotopic (exact) mass is 470 g/mol. The summed E-state index contributed by atoms with van der Waals surface area (Å²) >= 11 is 0. The highest BCUT2D eigenvalue weighted by molar-refractivity contribution is 6.07. The molecule has 5 rings (SSSR count). The molecule has 176 valence electrons. The second-order valence-electron chi connectivity index (χ2n) is 8.14. The smallest absolute Gasteiger partial charge is 0.410 e. The minimum atomic E-state index is -4.55. The van der Waals surface area contributed by atoms with Gasteiger partial charge in [0.15, 0.2) is 11.9 Å². The van der Waals surface area contributed by atoms with Crippen LogP contribution in [0.25, 0.3) is 0 Å². The van der Waals surface area contributed by atoms with Gasteiger partial charge in [0.2, 0.25) is 0 Å². The maximum atomic E-state index is 13.8. The molecule has 1 aliphatic rings. The Balaban J connectivity index is 1.37. The predicted molar refractivity (Wildman–Crippen MR) is 117 cm³/mol. The summed E-state index contributed by atoms with van der Waals surface area (Å²) in [5, 5.41) is 13.9. The molecule has 1 amide bonds. The maximum Gasteiger partial charge on any atom is 0.410 e. The van der Waals surface area contributed by atoms with Crippen LogP contribution in [0.15, 0.2) is 65.5 Å². The van der Waals surface area contributed by atoms with Crippen molar-refractivity contribution >= 4 is 17.5 Å². The molecule has 3 aromatic heterocycles. The van der Waals surface area contributed by atoms with E-state index in [-0.39, 0.29) is 23.6 Å². The number of aryl methyl sites for hydroxylation is 1. The highest BCUT2D eigenvalue weighted by atomic mass is 19.4. The summed E-state index contributed by atoms with van der Waals surface area (Å²) in [5.41, 5.74) is 2.19. The van der Waals surface area contributed by atoms with Gasteiger partial charge in [-0.05, 0) is 30.2 Å². The van der Waals surface area contributed by atoms with Gasteiger partial charge in [0.1, 0.15) is 17.1 Å². The fourth-order valence-electron chi connectivity index (χ4n) is 4.07. The quantitative estimate of drug-likeness (QED) is 0.431. The van der Waals surface area contributed by atoms with Gasteiger partial charge in [-0.3, -0.25) is 9.48 Å². The number of amides is 1. The topological polar surface area (TPSA) is 89.9 Å². The van der Waals surface area contributed by atoms with Gasteiger partial charge >= 0.3 is 6.18 Å². The van der Waals surface area contributed by atoms with E-state index in [1.165, 1.54) is 6.26 Å². The van der Waals surface area contributed by atoms with Gasteiger partial charge in [0.05, 0.1) is 25.0 Å². The molecule has 4 heterocycles. The van der Waals surface area contributed by atoms with Crippen LogP contribution in [0.2, 0.25) is 0 Å². The number of aromatic nitrogens is 4. The van der Waals surface area contributed by atoms with Gasteiger partial charge < -0.3 is 15.1 Å². The number of carbonyl (C=O) groups is 1. The Morgan fingerprint density at radius 1 is 1.24 bits per heavy atom. The number of nitrogens with one attached hydrogen (secondary N) is 2. The molecule has 2 N–H and O–H groups in total. The second kappa shape index (κ2) is 8.40. The summed E-state index contributed by atoms with van der Waals surface area (Å²) in [5.74, 6) is -0.00460. The van der Waals surface area contributed by atoms with Crippen molar-refractivity contribution in [1.29, 1.82) is 0 Å². The summed E-state index contributed by atoms with van der Waals surface area (Å²) in [6, 6.07) is 10.1. The number of fused-ring (bicyclic) bond motifs is 1. The highest BCUT2D eigenvalue weighted by Crippen LogP contribution is 2.44. The first-order valence-electron chi connectivity index (χ1n) is 10.6. The van der Waals surface area contributed by atoms with Crippen LogP contribution in [0.4, 0.5) is 24.8 Å². The zero-order valence-electron chi connectivity index (χ0n) is 18.1. The van der Waals surface area contributed by atoms with Crippen molar-refractivity contribution in [2.24, 2.45) is 0 Å². The largest absolute Gasteiger partial charge is 0.467 e. The summed E-state index contributed by atoms with van der Waals surface area (Å²) in [6.45, 7) is 2.52. The highest BCUT2D eigenvalue weighted by Gasteiger charge is 2.47. The second-order valence-corrected chi connectivity index (χ2v) is 8.14. The number of nitrogens with zero attached hydrogens (tertiary/aromatic N) is 4. The Morgan fingerprint density at radius 3 is 2.79 bits per heavy atom. The number of alkyl halides is 3. The van der Waals surface area contributed by atoms with Crippen LogP contribution in [0.5, 0.6) is 0 Å². The van der Waals surface area contributed by atoms with Crippen LogP contribution in [-0.4, -0.2) is 31.6 Å². The van der Waals surface area contributed by atoms with Crippen LogP contribution in [0.3, 0.4) is 0 Å². The van der Waals surface area contributed by atoms with Crippen molar-refractivity contribution in [1.82, 2.24) is 19.6 Å². The van der Waals surface area contributed by atoms with E-state index in [0.717, 1.165) is 22.0 Å². The normalized spacial score (nSPS) is 17.8. The van der Waals surface area contributed by atoms with E-state index in [0.29, 0.717) is 12.3 Å². The molecular weight excluding hydrogens is 449 g/mol. The zero-order valence-corrected chi connectivity index (χ0v) is 18.1. The molecule has 0 saturated carbocycles. The van der Waals surface area contributed by atoms with Crippen molar-refractivity contribution in [3.8, 4) is 0 Å². The van der Waals surface area contributed by atoms with E-state index < -0.39 is 24.2 Å². The van der Waals surface area contributed by atoms with Crippen molar-refractivity contribution in [2.75, 3.05) is 10.6 Å². The minimum Gasteiger partial charge on any atom is -0.467 e. The number of rotatable bonds is 5. The molecule has 0 spiro atoms. The lowest BCUT2D eigenvalue weighted by Crippen LogP contribution is -2.36. The molecule has 2 atom stereocenters. The summed E-state index contributed by atoms with van der Waals surface area (Å²) in [7, 11) is 0. The van der Waals surface area contributed by atoms with Gasteiger partial charge in [-0.15, -0.1) is 0 Å². The fourth-order valence-corrected chi connectivity index (χ4v) is 4.07. The van der Waals surface area contributed by atoms with Crippen LogP contribution in [0.1, 0.15) is 45.7 Å². The van der Waals surface area contributed by atoms with E-state index in [4.69, 9.17) is 4.42 Å². The number of anilines is 2. The molecular formula is C23H21F3N6O2. The van der Waals surface area contributed by atoms with Gasteiger partial charge in [-0.2, -0.15) is 23.4 Å². The Bertz CT molecular complexity index is 1310. The average Bonchev–Trinajstić information content (AvgIpc) is 3.55. The van der Waals surface area contributed by atoms with Crippen molar-refractivity contribution in [3.63, 3.8) is 0 Å². The van der Waals surface area contributed by atoms with Crippen LogP contribution < -0.4 is 10.6 Å². The summed E-state index contributed by atoms with van der Waals surface area (Å²) < 4.78 is 49.1. The van der Waals surface area contributed by atoms with Crippen LogP contribution in [0, 0.1) is 6.92 Å². The predicted octanol–water partition coefficient (Wildman–Crippen LogP) is 4.94. The Hall–Kier alpha value is -4.02. The molecule has 1 aliphatic heterocycles. The van der Waals surface area contributed by atoms with E-state index >= 15 is 0 Å². The Kier molecular flexibility index (Phi) is 5.39. The van der Waals surface area contributed by atoms with E-state index in [2.05, 4.69) is 20.8 Å². The van der Waals surface area contributed by atoms with Crippen molar-refractivity contribution in [3.05, 3.63) is 83.6 Å². The standard InChI is InChI=1S/C23H21F3N6O2/c1-14-5-2-3-6-15(14)13-31-9-8-20(30-31)29-22(33)16-12-27-32-19(23(24,25)26)11-17(28-21(16)32)18-7-4-10-34-18/h2-10,12,17,19,28H,11,13H2,1H3,(H,29,30,33)/t17-,19-/m0/s1. The maximum absolute atomic E-state index is 13.8. The first-order valence-corrected chi connectivity index (χ1v) is 10.6. The van der Waals surface area contributed by atoms with Crippen molar-refractivity contribution in [2.45, 2.75) is 38.1 Å². The molecule has 8 nitrogen and oxygen atoms in total. The third-order valence-electron chi connectivity index (χ3n) is 5.85. The number of hydrogen-bond donors (Lipinski definition) is 2. The van der Waals surface area contributed by atoms with Gasteiger partial charge in [0.25, 0.3) is 5.91 Å². The number of hydrogen-bond acceptors (Lipinski definition) is 5. The Labute approximate surface area is 192 Å². The molecule has 0 aliphatic carbocycles. The lowest BCUT2D eigenvalue weighted by Gasteiger charge is -2.32. The molecule has 0 bridgehead atoms. The number of benzene rings is 1. The molecule has 4 aromatic rings. The van der Waals surface area contributed by atoms with Gasteiger partial charge in [0, 0.05) is 18.7 Å². The SMILES string of the molecule is Cc1ccccc1Cn1ccc(NC(=O)c2cnn3c2N[C@H](c2ccco2)C[C@H]3C(F)(F)F)n1. The zero-order chi connectivity index (χ0) is 23.9. The molecule has 1 aromatic carbocycles. The third kappa shape index (κ3) is 4.16. The number of carbonyl (C=O) groups excluding carboxylic acids is 1. The number of halogens is 3. The molecule has 34 heavy (non-hydrogen) atoms. The van der Waals surface area contributed by atoms with E-state index in [1.807, 2.05) is 31.2 Å². The minimum absolute atomic E-state index is 0.0149. The molecule has 11 heteroatoms. The van der Waals surface area contributed by atoms with E-state index in [1.54, 1.807) is 29.1 Å². The Morgan fingerprint density at radius 2 is 2.06 bits per heavy atom. The first-order chi connectivity index (χ1) is 16.3.